The number of amides is 3. The molecule has 1 fully saturated rings. The lowest BCUT2D eigenvalue weighted by molar-refractivity contribution is -0.141. The van der Waals surface area contributed by atoms with Crippen molar-refractivity contribution < 1.29 is 19.5 Å². The van der Waals surface area contributed by atoms with Crippen molar-refractivity contribution in [3.63, 3.8) is 0 Å². The number of nitrogens with zero attached hydrogens (tertiary/aromatic N) is 1. The number of hydrogen-bond acceptors (Lipinski definition) is 3. The van der Waals surface area contributed by atoms with Gasteiger partial charge in [0.2, 0.25) is 0 Å². The van der Waals surface area contributed by atoms with E-state index < -0.39 is 30.5 Å². The average molecular weight is 273 g/mol. The molecule has 0 spiro atoms. The molecule has 0 radical (unpaired) electrons. The number of carbonyl (C=O) groups excluding carboxylic acids is 2. The van der Waals surface area contributed by atoms with Gasteiger partial charge in [0, 0.05) is 22.7 Å². The molecular weight excluding hydrogens is 262 g/mol. The van der Waals surface area contributed by atoms with E-state index in [1.165, 1.54) is 0 Å². The van der Waals surface area contributed by atoms with E-state index in [9.17, 15) is 14.4 Å². The maximum Gasteiger partial charge on any atom is 0.325 e. The Bertz CT molecular complexity index is 721. The van der Waals surface area contributed by atoms with Crippen molar-refractivity contribution in [3.8, 4) is 0 Å². The van der Waals surface area contributed by atoms with E-state index in [0.29, 0.717) is 10.5 Å². The maximum atomic E-state index is 12.2. The first-order valence-corrected chi connectivity index (χ1v) is 5.97. The molecule has 2 aromatic rings. The highest BCUT2D eigenvalue weighted by molar-refractivity contribution is 6.07. The summed E-state index contributed by atoms with van der Waals surface area (Å²) in [6.45, 7) is -0.635. The maximum absolute atomic E-state index is 12.2. The Hall–Kier alpha value is -2.83. The number of carboxylic acid groups (broad SMARTS) is 1. The molecule has 1 aliphatic rings. The first kappa shape index (κ1) is 12.2. The van der Waals surface area contributed by atoms with Crippen LogP contribution in [0.3, 0.4) is 0 Å². The van der Waals surface area contributed by atoms with Crippen LogP contribution in [0.4, 0.5) is 4.79 Å². The lowest BCUT2D eigenvalue weighted by Crippen LogP contribution is -2.35. The number of urea groups is 1. The number of carboxylic acids is 1. The molecule has 3 amide bonds. The summed E-state index contributed by atoms with van der Waals surface area (Å²) < 4.78 is 0. The largest absolute Gasteiger partial charge is 0.480 e. The second-order valence-electron chi connectivity index (χ2n) is 4.49. The Balaban J connectivity index is 1.97. The number of carbonyl (C=O) groups is 3. The van der Waals surface area contributed by atoms with Crippen LogP contribution in [0, 0.1) is 0 Å². The van der Waals surface area contributed by atoms with Crippen LogP contribution in [-0.2, 0) is 9.59 Å². The zero-order valence-electron chi connectivity index (χ0n) is 10.3. The molecule has 1 atom stereocenters. The van der Waals surface area contributed by atoms with Crippen LogP contribution in [0.5, 0.6) is 0 Å². The number of nitrogens with one attached hydrogen (secondary N) is 2. The van der Waals surface area contributed by atoms with E-state index in [4.69, 9.17) is 5.11 Å². The second-order valence-corrected chi connectivity index (χ2v) is 4.49. The van der Waals surface area contributed by atoms with Crippen molar-refractivity contribution in [1.29, 1.82) is 0 Å². The van der Waals surface area contributed by atoms with Crippen molar-refractivity contribution in [3.05, 3.63) is 36.0 Å². The molecule has 1 unspecified atom stereocenters. The summed E-state index contributed by atoms with van der Waals surface area (Å²) in [5.41, 5.74) is 1.48. The highest BCUT2D eigenvalue weighted by Crippen LogP contribution is 2.28. The molecule has 1 aromatic carbocycles. The van der Waals surface area contributed by atoms with Gasteiger partial charge in [-0.25, -0.2) is 4.79 Å². The Labute approximate surface area is 113 Å². The number of imide groups is 1. The Morgan fingerprint density at radius 2 is 2.05 bits per heavy atom. The number of hydrogen-bond donors (Lipinski definition) is 3. The van der Waals surface area contributed by atoms with Gasteiger partial charge in [-0.2, -0.15) is 0 Å². The number of aliphatic carboxylic acids is 1. The monoisotopic (exact) mass is 273 g/mol. The Morgan fingerprint density at radius 1 is 1.30 bits per heavy atom. The zero-order valence-corrected chi connectivity index (χ0v) is 10.3. The smallest absolute Gasteiger partial charge is 0.325 e. The van der Waals surface area contributed by atoms with Crippen molar-refractivity contribution >= 4 is 28.8 Å². The molecule has 102 valence electrons. The summed E-state index contributed by atoms with van der Waals surface area (Å²) in [5.74, 6) is -1.78. The van der Waals surface area contributed by atoms with Gasteiger partial charge in [-0.3, -0.25) is 14.5 Å². The molecule has 1 saturated heterocycles. The molecule has 0 aliphatic carbocycles. The molecular formula is C13H11N3O4. The van der Waals surface area contributed by atoms with E-state index in [0.717, 1.165) is 10.9 Å². The Morgan fingerprint density at radius 3 is 2.80 bits per heavy atom. The lowest BCUT2D eigenvalue weighted by Gasteiger charge is -2.09. The molecule has 20 heavy (non-hydrogen) atoms. The zero-order chi connectivity index (χ0) is 14.3. The molecule has 0 saturated carbocycles. The van der Waals surface area contributed by atoms with Crippen LogP contribution in [0.1, 0.15) is 11.6 Å². The van der Waals surface area contributed by atoms with Gasteiger partial charge in [-0.15, -0.1) is 0 Å². The standard InChI is InChI=1S/C13H11N3O4/c17-10(18)6-16-12(19)11(15-13(16)20)8-5-14-9-4-2-1-3-7(8)9/h1-5,11,14H,6H2,(H,15,20)(H,17,18). The number of benzene rings is 1. The molecule has 3 N–H and O–H groups in total. The van der Waals surface area contributed by atoms with E-state index >= 15 is 0 Å². The minimum absolute atomic E-state index is 0.554. The number of aromatic amines is 1. The molecule has 7 nitrogen and oxygen atoms in total. The van der Waals surface area contributed by atoms with Gasteiger partial charge >= 0.3 is 12.0 Å². The summed E-state index contributed by atoms with van der Waals surface area (Å²) in [6, 6.07) is 5.84. The summed E-state index contributed by atoms with van der Waals surface area (Å²) in [7, 11) is 0. The average Bonchev–Trinajstić information content (AvgIpc) is 2.94. The minimum Gasteiger partial charge on any atom is -0.480 e. The summed E-state index contributed by atoms with van der Waals surface area (Å²) in [4.78, 5) is 38.2. The van der Waals surface area contributed by atoms with Crippen LogP contribution >= 0.6 is 0 Å². The highest BCUT2D eigenvalue weighted by atomic mass is 16.4. The summed E-state index contributed by atoms with van der Waals surface area (Å²) in [5, 5.41) is 12.0. The fraction of sp³-hybridized carbons (Fsp3) is 0.154. The molecule has 1 aromatic heterocycles. The predicted octanol–water partition coefficient (Wildman–Crippen LogP) is 0.845. The van der Waals surface area contributed by atoms with E-state index in [1.807, 2.05) is 24.3 Å². The van der Waals surface area contributed by atoms with Crippen LogP contribution in [0.15, 0.2) is 30.5 Å². The van der Waals surface area contributed by atoms with Gasteiger partial charge in [-0.05, 0) is 6.07 Å². The topological polar surface area (TPSA) is 102 Å². The minimum atomic E-state index is -1.23. The van der Waals surface area contributed by atoms with Crippen LogP contribution in [0.2, 0.25) is 0 Å². The molecule has 0 bridgehead atoms. The number of aromatic nitrogens is 1. The molecule has 7 heteroatoms. The Kier molecular flexibility index (Phi) is 2.67. The summed E-state index contributed by atoms with van der Waals surface area (Å²) >= 11 is 0. The number of rotatable bonds is 3. The van der Waals surface area contributed by atoms with Crippen molar-refractivity contribution in [2.75, 3.05) is 6.54 Å². The second kappa shape index (κ2) is 4.37. The normalized spacial score (nSPS) is 18.6. The fourth-order valence-corrected chi connectivity index (χ4v) is 2.35. The van der Waals surface area contributed by atoms with Crippen molar-refractivity contribution in [2.45, 2.75) is 6.04 Å². The molecule has 1 aliphatic heterocycles. The molecule has 3 rings (SSSR count). The van der Waals surface area contributed by atoms with Gasteiger partial charge in [0.25, 0.3) is 5.91 Å². The first-order valence-electron chi connectivity index (χ1n) is 5.97. The van der Waals surface area contributed by atoms with Gasteiger partial charge < -0.3 is 15.4 Å². The summed E-state index contributed by atoms with van der Waals surface area (Å²) in [6.07, 6.45) is 1.65. The predicted molar refractivity (Wildman–Crippen MR) is 68.9 cm³/mol. The lowest BCUT2D eigenvalue weighted by atomic mass is 10.1. The van der Waals surface area contributed by atoms with E-state index in [2.05, 4.69) is 10.3 Å². The third-order valence-electron chi connectivity index (χ3n) is 3.25. The highest BCUT2D eigenvalue weighted by Gasteiger charge is 2.40. The van der Waals surface area contributed by atoms with Gasteiger partial charge in [-0.1, -0.05) is 18.2 Å². The van der Waals surface area contributed by atoms with Crippen molar-refractivity contribution in [2.24, 2.45) is 0 Å². The third kappa shape index (κ3) is 1.80. The van der Waals surface area contributed by atoms with Gasteiger partial charge in [0.05, 0.1) is 0 Å². The van der Waals surface area contributed by atoms with E-state index in [1.54, 1.807) is 6.20 Å². The molecule has 2 heterocycles. The van der Waals surface area contributed by atoms with Crippen LogP contribution in [-0.4, -0.2) is 39.4 Å². The van der Waals surface area contributed by atoms with Gasteiger partial charge in [0.15, 0.2) is 0 Å². The SMILES string of the molecule is O=C(O)CN1C(=O)NC(c2c[nH]c3ccccc23)C1=O. The fourth-order valence-electron chi connectivity index (χ4n) is 2.35. The first-order chi connectivity index (χ1) is 9.58. The number of H-pyrrole nitrogens is 1. The number of fused-ring (bicyclic) bond motifs is 1. The van der Waals surface area contributed by atoms with Gasteiger partial charge in [0.1, 0.15) is 12.6 Å². The van der Waals surface area contributed by atoms with Crippen molar-refractivity contribution in [1.82, 2.24) is 15.2 Å². The third-order valence-corrected chi connectivity index (χ3v) is 3.25. The van der Waals surface area contributed by atoms with Crippen LogP contribution < -0.4 is 5.32 Å². The van der Waals surface area contributed by atoms with Crippen LogP contribution in [0.25, 0.3) is 10.9 Å². The quantitative estimate of drug-likeness (QED) is 0.721. The number of para-hydroxylation sites is 1. The van der Waals surface area contributed by atoms with E-state index in [-0.39, 0.29) is 0 Å².